The lowest BCUT2D eigenvalue weighted by molar-refractivity contribution is -0.0511. The minimum atomic E-state index is -1.20. The summed E-state index contributed by atoms with van der Waals surface area (Å²) in [4.78, 5) is 12.8. The third-order valence-electron chi connectivity index (χ3n) is 4.65. The fraction of sp³-hybridized carbons (Fsp3) is 0.316. The molecule has 1 saturated heterocycles. The summed E-state index contributed by atoms with van der Waals surface area (Å²) in [5.41, 5.74) is 2.08. The van der Waals surface area contributed by atoms with E-state index < -0.39 is 31.1 Å². The number of hydrogen-bond acceptors (Lipinski definition) is 8. The van der Waals surface area contributed by atoms with E-state index in [0.717, 1.165) is 5.56 Å². The van der Waals surface area contributed by atoms with Gasteiger partial charge in [-0.05, 0) is 5.56 Å². The highest BCUT2D eigenvalue weighted by atomic mass is 16.6. The Kier molecular flexibility index (Phi) is 5.31. The van der Waals surface area contributed by atoms with Crippen molar-refractivity contribution in [1.29, 1.82) is 0 Å². The Balaban J connectivity index is 1.52. The van der Waals surface area contributed by atoms with Gasteiger partial charge in [-0.2, -0.15) is 0 Å². The van der Waals surface area contributed by atoms with Gasteiger partial charge in [0.25, 0.3) is 0 Å². The number of nitrogens with zero attached hydrogens (tertiary/aromatic N) is 4. The van der Waals surface area contributed by atoms with E-state index in [4.69, 9.17) is 4.74 Å². The largest absolute Gasteiger partial charge is 0.394 e. The fourth-order valence-corrected chi connectivity index (χ4v) is 3.19. The van der Waals surface area contributed by atoms with Crippen molar-refractivity contribution in [2.45, 2.75) is 24.5 Å². The molecule has 0 saturated carbocycles. The smallest absolute Gasteiger partial charge is 0.167 e. The van der Waals surface area contributed by atoms with Gasteiger partial charge in [0.05, 0.1) is 12.9 Å². The second kappa shape index (κ2) is 8.03. The number of imidazole rings is 1. The van der Waals surface area contributed by atoms with Gasteiger partial charge in [-0.25, -0.2) is 15.0 Å². The van der Waals surface area contributed by atoms with Crippen molar-refractivity contribution in [2.75, 3.05) is 18.5 Å². The molecule has 4 atom stereocenters. The third kappa shape index (κ3) is 3.48. The number of aromatic nitrogens is 4. The van der Waals surface area contributed by atoms with Gasteiger partial charge < -0.3 is 25.4 Å². The van der Waals surface area contributed by atoms with E-state index in [9.17, 15) is 15.3 Å². The zero-order valence-corrected chi connectivity index (χ0v) is 15.0. The normalized spacial score (nSPS) is 25.0. The zero-order valence-electron chi connectivity index (χ0n) is 15.0. The van der Waals surface area contributed by atoms with Crippen molar-refractivity contribution in [3.63, 3.8) is 0 Å². The van der Waals surface area contributed by atoms with Gasteiger partial charge in [0.2, 0.25) is 0 Å². The highest BCUT2D eigenvalue weighted by Gasteiger charge is 2.44. The Morgan fingerprint density at radius 2 is 1.93 bits per heavy atom. The van der Waals surface area contributed by atoms with E-state index in [-0.39, 0.29) is 0 Å². The summed E-state index contributed by atoms with van der Waals surface area (Å²) in [5, 5.41) is 32.7. The number of aliphatic hydroxyl groups excluding tert-OH is 3. The number of aliphatic hydroxyl groups is 3. The van der Waals surface area contributed by atoms with Gasteiger partial charge in [-0.1, -0.05) is 42.5 Å². The molecule has 0 spiro atoms. The first-order valence-electron chi connectivity index (χ1n) is 8.94. The maximum Gasteiger partial charge on any atom is 0.167 e. The van der Waals surface area contributed by atoms with Crippen LogP contribution < -0.4 is 5.32 Å². The summed E-state index contributed by atoms with van der Waals surface area (Å²) in [6, 6.07) is 9.96. The molecule has 3 aromatic rings. The summed E-state index contributed by atoms with van der Waals surface area (Å²) < 4.78 is 7.09. The second-order valence-electron chi connectivity index (χ2n) is 6.47. The van der Waals surface area contributed by atoms with Crippen LogP contribution in [-0.4, -0.2) is 66.3 Å². The zero-order chi connectivity index (χ0) is 19.5. The van der Waals surface area contributed by atoms with E-state index in [1.165, 1.54) is 17.2 Å². The lowest BCUT2D eigenvalue weighted by Crippen LogP contribution is -2.33. The molecule has 1 aromatic carbocycles. The number of benzene rings is 1. The van der Waals surface area contributed by atoms with E-state index >= 15 is 0 Å². The molecule has 0 bridgehead atoms. The summed E-state index contributed by atoms with van der Waals surface area (Å²) in [6.45, 7) is 0.151. The lowest BCUT2D eigenvalue weighted by atomic mass is 10.1. The Morgan fingerprint density at radius 1 is 1.11 bits per heavy atom. The molecule has 4 unspecified atom stereocenters. The number of anilines is 1. The summed E-state index contributed by atoms with van der Waals surface area (Å²) >= 11 is 0. The lowest BCUT2D eigenvalue weighted by Gasteiger charge is -2.16. The Bertz CT molecular complexity index is 961. The van der Waals surface area contributed by atoms with Crippen molar-refractivity contribution in [2.24, 2.45) is 0 Å². The molecule has 4 rings (SSSR count). The Labute approximate surface area is 161 Å². The van der Waals surface area contributed by atoms with Gasteiger partial charge in [0.15, 0.2) is 23.2 Å². The first-order chi connectivity index (χ1) is 13.7. The first kappa shape index (κ1) is 18.5. The molecule has 0 radical (unpaired) electrons. The fourth-order valence-electron chi connectivity index (χ4n) is 3.19. The van der Waals surface area contributed by atoms with E-state index in [2.05, 4.69) is 20.3 Å². The van der Waals surface area contributed by atoms with Crippen LogP contribution in [0.25, 0.3) is 17.2 Å². The molecule has 3 heterocycles. The molecule has 0 amide bonds. The van der Waals surface area contributed by atoms with Gasteiger partial charge >= 0.3 is 0 Å². The predicted octanol–water partition coefficient (Wildman–Crippen LogP) is 0.563. The first-order valence-corrected chi connectivity index (χ1v) is 8.94. The van der Waals surface area contributed by atoms with E-state index in [0.29, 0.717) is 23.5 Å². The molecule has 0 aliphatic carbocycles. The maximum atomic E-state index is 10.2. The van der Waals surface area contributed by atoms with Crippen LogP contribution in [-0.2, 0) is 4.74 Å². The Morgan fingerprint density at radius 3 is 2.68 bits per heavy atom. The molecule has 1 aliphatic rings. The molecule has 2 aromatic heterocycles. The molecule has 1 aliphatic heterocycles. The minimum Gasteiger partial charge on any atom is -0.394 e. The van der Waals surface area contributed by atoms with Gasteiger partial charge in [-0.3, -0.25) is 4.57 Å². The topological polar surface area (TPSA) is 126 Å². The van der Waals surface area contributed by atoms with Crippen molar-refractivity contribution in [3.8, 4) is 0 Å². The molecular weight excluding hydrogens is 362 g/mol. The molecular formula is C19H21N5O4. The third-order valence-corrected chi connectivity index (χ3v) is 4.65. The van der Waals surface area contributed by atoms with Gasteiger partial charge in [0.1, 0.15) is 24.6 Å². The highest BCUT2D eigenvalue weighted by molar-refractivity contribution is 5.82. The summed E-state index contributed by atoms with van der Waals surface area (Å²) in [7, 11) is 0. The number of fused-ring (bicyclic) bond motifs is 1. The van der Waals surface area contributed by atoms with Gasteiger partial charge in [0, 0.05) is 6.54 Å². The molecule has 9 heteroatoms. The van der Waals surface area contributed by atoms with Crippen LogP contribution in [0.15, 0.2) is 49.1 Å². The molecule has 28 heavy (non-hydrogen) atoms. The highest BCUT2D eigenvalue weighted by Crippen LogP contribution is 2.32. The quantitative estimate of drug-likeness (QED) is 0.487. The number of hydrogen-bond donors (Lipinski definition) is 4. The van der Waals surface area contributed by atoms with Crippen LogP contribution in [0.2, 0.25) is 0 Å². The average molecular weight is 383 g/mol. The second-order valence-corrected chi connectivity index (χ2v) is 6.47. The van der Waals surface area contributed by atoms with Crippen LogP contribution in [0, 0.1) is 0 Å². The summed E-state index contributed by atoms with van der Waals surface area (Å²) in [6.07, 6.45) is 2.72. The van der Waals surface area contributed by atoms with Crippen molar-refractivity contribution in [1.82, 2.24) is 19.5 Å². The average Bonchev–Trinajstić information content (AvgIpc) is 3.28. The number of nitrogens with one attached hydrogen (secondary N) is 1. The monoisotopic (exact) mass is 383 g/mol. The van der Waals surface area contributed by atoms with Crippen molar-refractivity contribution in [3.05, 3.63) is 54.6 Å². The molecule has 4 N–H and O–H groups in total. The summed E-state index contributed by atoms with van der Waals surface area (Å²) in [5.74, 6) is 0.549. The Hall–Kier alpha value is -2.85. The van der Waals surface area contributed by atoms with E-state index in [1.54, 1.807) is 0 Å². The van der Waals surface area contributed by atoms with Crippen molar-refractivity contribution < 1.29 is 20.1 Å². The molecule has 146 valence electrons. The number of ether oxygens (including phenoxy) is 1. The predicted molar refractivity (Wildman–Crippen MR) is 102 cm³/mol. The van der Waals surface area contributed by atoms with Crippen LogP contribution in [0.4, 0.5) is 5.82 Å². The van der Waals surface area contributed by atoms with Gasteiger partial charge in [-0.15, -0.1) is 0 Å². The van der Waals surface area contributed by atoms with E-state index in [1.807, 2.05) is 42.5 Å². The maximum absolute atomic E-state index is 10.2. The molecule has 1 fully saturated rings. The van der Waals surface area contributed by atoms with Crippen LogP contribution in [0.1, 0.15) is 11.8 Å². The van der Waals surface area contributed by atoms with Crippen molar-refractivity contribution >= 4 is 23.1 Å². The van der Waals surface area contributed by atoms with Crippen LogP contribution >= 0.6 is 0 Å². The van der Waals surface area contributed by atoms with Crippen LogP contribution in [0.5, 0.6) is 0 Å². The standard InChI is InChI=1S/C19H21N5O4/c25-9-13-15(26)16(27)19(28-13)24-11-23-14-17(21-10-22-18(14)24)20-8-4-7-12-5-2-1-3-6-12/h1-7,10-11,13,15-16,19,25-27H,8-9H2,(H,20,21,22)/b7-4+. The minimum absolute atomic E-state index is 0.392. The number of rotatable bonds is 6. The SMILES string of the molecule is OCC1OC(n2cnc3c(NC/C=C/c4ccccc4)ncnc32)C(O)C1O. The van der Waals surface area contributed by atoms with Crippen LogP contribution in [0.3, 0.4) is 0 Å². The molecule has 9 nitrogen and oxygen atoms in total.